The molecular weight excluding hydrogens is 416 g/mol. The van der Waals surface area contributed by atoms with Crippen molar-refractivity contribution in [1.82, 2.24) is 10.4 Å². The van der Waals surface area contributed by atoms with Crippen molar-refractivity contribution in [3.8, 4) is 5.75 Å². The Morgan fingerprint density at radius 2 is 1.79 bits per heavy atom. The van der Waals surface area contributed by atoms with Gasteiger partial charge in [0.2, 0.25) is 0 Å². The van der Waals surface area contributed by atoms with Gasteiger partial charge in [0.1, 0.15) is 5.75 Å². The Labute approximate surface area is 193 Å². The highest BCUT2D eigenvalue weighted by atomic mass is 16.6. The van der Waals surface area contributed by atoms with E-state index < -0.39 is 0 Å². The number of nitrogens with zero attached hydrogens (tertiary/aromatic N) is 3. The lowest BCUT2D eigenvalue weighted by atomic mass is 9.97. The molecule has 0 spiro atoms. The summed E-state index contributed by atoms with van der Waals surface area (Å²) in [5.41, 5.74) is 6.80. The smallest absolute Gasteiger partial charge is 0.271 e. The first-order valence-electron chi connectivity index (χ1n) is 11.0. The molecule has 0 aliphatic heterocycles. The van der Waals surface area contributed by atoms with Gasteiger partial charge in [0, 0.05) is 29.4 Å². The number of hydrazine groups is 1. The van der Waals surface area contributed by atoms with Crippen molar-refractivity contribution in [3.63, 3.8) is 0 Å². The van der Waals surface area contributed by atoms with Crippen LogP contribution >= 0.6 is 0 Å². The van der Waals surface area contributed by atoms with E-state index >= 15 is 0 Å². The normalized spacial score (nSPS) is 11.6. The van der Waals surface area contributed by atoms with Crippen molar-refractivity contribution in [2.75, 3.05) is 12.1 Å². The summed E-state index contributed by atoms with van der Waals surface area (Å²) in [5, 5.41) is 15.3. The van der Waals surface area contributed by atoms with Crippen molar-refractivity contribution in [3.05, 3.63) is 82.4 Å². The summed E-state index contributed by atoms with van der Waals surface area (Å²) in [6, 6.07) is 20.8. The minimum absolute atomic E-state index is 0.0207. The first kappa shape index (κ1) is 22.5. The second kappa shape index (κ2) is 9.03. The van der Waals surface area contributed by atoms with Crippen LogP contribution in [0.25, 0.3) is 21.8 Å². The standard InChI is InChI=1S/C26H28N4O3/c1-5-26(2,3)29(27-17-18-9-7-6-8-10-18)25-21-13-11-19(30(31)32)15-24(21)28-23-14-12-20(33-4)16-22(23)25/h6-16,27H,5,17H2,1-4H3. The summed E-state index contributed by atoms with van der Waals surface area (Å²) in [5.74, 6) is 0.726. The highest BCUT2D eigenvalue weighted by Crippen LogP contribution is 2.39. The first-order valence-corrected chi connectivity index (χ1v) is 11.0. The Hall–Kier alpha value is -3.71. The Bertz CT molecular complexity index is 1310. The van der Waals surface area contributed by atoms with Gasteiger partial charge in [0.05, 0.1) is 34.3 Å². The zero-order valence-electron chi connectivity index (χ0n) is 19.3. The molecule has 0 aliphatic carbocycles. The number of hydrogen-bond acceptors (Lipinski definition) is 6. The summed E-state index contributed by atoms with van der Waals surface area (Å²) in [6.07, 6.45) is 0.872. The molecule has 7 nitrogen and oxygen atoms in total. The van der Waals surface area contributed by atoms with Crippen LogP contribution in [0.4, 0.5) is 11.4 Å². The summed E-state index contributed by atoms with van der Waals surface area (Å²) >= 11 is 0. The topological polar surface area (TPSA) is 80.5 Å². The number of nitro groups is 1. The maximum absolute atomic E-state index is 11.4. The van der Waals surface area contributed by atoms with Gasteiger partial charge in [-0.05, 0) is 50.1 Å². The number of non-ortho nitro benzene ring substituents is 1. The van der Waals surface area contributed by atoms with E-state index in [-0.39, 0.29) is 16.1 Å². The molecule has 0 radical (unpaired) electrons. The van der Waals surface area contributed by atoms with Gasteiger partial charge in [-0.3, -0.25) is 10.1 Å². The molecule has 1 heterocycles. The Kier molecular flexibility index (Phi) is 6.16. The van der Waals surface area contributed by atoms with Crippen LogP contribution in [0, 0.1) is 10.1 Å². The third-order valence-electron chi connectivity index (χ3n) is 6.13. The molecule has 0 aliphatic rings. The average Bonchev–Trinajstić information content (AvgIpc) is 2.83. The number of pyridine rings is 1. The molecule has 3 aromatic carbocycles. The van der Waals surface area contributed by atoms with Crippen LogP contribution in [0.2, 0.25) is 0 Å². The molecule has 0 unspecified atom stereocenters. The molecule has 0 saturated heterocycles. The zero-order chi connectivity index (χ0) is 23.6. The largest absolute Gasteiger partial charge is 0.497 e. The molecule has 33 heavy (non-hydrogen) atoms. The molecule has 1 N–H and O–H groups in total. The minimum Gasteiger partial charge on any atom is -0.497 e. The molecule has 0 amide bonds. The third kappa shape index (κ3) is 4.45. The number of hydrogen-bond donors (Lipinski definition) is 1. The van der Waals surface area contributed by atoms with E-state index in [4.69, 9.17) is 9.72 Å². The van der Waals surface area contributed by atoms with Gasteiger partial charge in [-0.2, -0.15) is 0 Å². The van der Waals surface area contributed by atoms with E-state index in [0.29, 0.717) is 12.1 Å². The van der Waals surface area contributed by atoms with E-state index in [1.165, 1.54) is 12.1 Å². The van der Waals surface area contributed by atoms with Crippen molar-refractivity contribution >= 4 is 33.2 Å². The van der Waals surface area contributed by atoms with Crippen LogP contribution in [0.3, 0.4) is 0 Å². The van der Waals surface area contributed by atoms with Crippen molar-refractivity contribution < 1.29 is 9.66 Å². The SMILES string of the molecule is CCC(C)(C)N(NCc1ccccc1)c1c2ccc([N+](=O)[O-])cc2nc2ccc(OC)cc12. The zero-order valence-corrected chi connectivity index (χ0v) is 19.3. The fourth-order valence-electron chi connectivity index (χ4n) is 3.89. The highest BCUT2D eigenvalue weighted by Gasteiger charge is 2.29. The number of benzene rings is 3. The van der Waals surface area contributed by atoms with Crippen LogP contribution < -0.4 is 15.2 Å². The van der Waals surface area contributed by atoms with Gasteiger partial charge in [-0.1, -0.05) is 37.3 Å². The maximum Gasteiger partial charge on any atom is 0.271 e. The van der Waals surface area contributed by atoms with E-state index in [1.807, 2.05) is 36.4 Å². The molecule has 0 bridgehead atoms. The minimum atomic E-state index is -0.388. The quantitative estimate of drug-likeness (QED) is 0.204. The molecule has 4 aromatic rings. The monoisotopic (exact) mass is 444 g/mol. The number of nitrogens with one attached hydrogen (secondary N) is 1. The predicted molar refractivity (Wildman–Crippen MR) is 133 cm³/mol. The molecule has 1 aromatic heterocycles. The molecule has 4 rings (SSSR count). The predicted octanol–water partition coefficient (Wildman–Crippen LogP) is 6.00. The summed E-state index contributed by atoms with van der Waals surface area (Å²) in [6.45, 7) is 7.13. The second-order valence-electron chi connectivity index (χ2n) is 8.62. The maximum atomic E-state index is 11.4. The number of ether oxygens (including phenoxy) is 1. The van der Waals surface area contributed by atoms with Gasteiger partial charge in [-0.15, -0.1) is 0 Å². The van der Waals surface area contributed by atoms with Crippen LogP contribution in [0.1, 0.15) is 32.8 Å². The molecule has 0 fully saturated rings. The highest BCUT2D eigenvalue weighted by molar-refractivity contribution is 6.08. The van der Waals surface area contributed by atoms with Gasteiger partial charge >= 0.3 is 0 Å². The average molecular weight is 445 g/mol. The molecule has 0 atom stereocenters. The van der Waals surface area contributed by atoms with Crippen LogP contribution in [-0.4, -0.2) is 22.6 Å². The summed E-state index contributed by atoms with van der Waals surface area (Å²) in [4.78, 5) is 15.8. The fourth-order valence-corrected chi connectivity index (χ4v) is 3.89. The molecule has 7 heteroatoms. The van der Waals surface area contributed by atoms with Gasteiger partial charge in [-0.25, -0.2) is 10.4 Å². The second-order valence-corrected chi connectivity index (χ2v) is 8.62. The number of fused-ring (bicyclic) bond motifs is 2. The number of aromatic nitrogens is 1. The van der Waals surface area contributed by atoms with E-state index in [2.05, 4.69) is 43.3 Å². The van der Waals surface area contributed by atoms with Crippen molar-refractivity contribution in [2.45, 2.75) is 39.3 Å². The Morgan fingerprint density at radius 3 is 2.45 bits per heavy atom. The third-order valence-corrected chi connectivity index (χ3v) is 6.13. The molecule has 0 saturated carbocycles. The first-order chi connectivity index (χ1) is 15.8. The van der Waals surface area contributed by atoms with Crippen LogP contribution in [0.15, 0.2) is 66.7 Å². The number of nitro benzene ring substituents is 1. The molecular formula is C26H28N4O3. The Morgan fingerprint density at radius 1 is 1.03 bits per heavy atom. The lowest BCUT2D eigenvalue weighted by Crippen LogP contribution is -2.52. The van der Waals surface area contributed by atoms with Gasteiger partial charge < -0.3 is 9.75 Å². The lowest BCUT2D eigenvalue weighted by molar-refractivity contribution is -0.384. The van der Waals surface area contributed by atoms with Gasteiger partial charge in [0.15, 0.2) is 0 Å². The van der Waals surface area contributed by atoms with Crippen LogP contribution in [0.5, 0.6) is 5.75 Å². The van der Waals surface area contributed by atoms with Crippen molar-refractivity contribution in [1.29, 1.82) is 0 Å². The van der Waals surface area contributed by atoms with Crippen molar-refractivity contribution in [2.24, 2.45) is 0 Å². The number of methoxy groups -OCH3 is 1. The van der Waals surface area contributed by atoms with E-state index in [0.717, 1.165) is 39.7 Å². The number of anilines is 1. The van der Waals surface area contributed by atoms with Gasteiger partial charge in [0.25, 0.3) is 5.69 Å². The molecule has 170 valence electrons. The lowest BCUT2D eigenvalue weighted by Gasteiger charge is -2.41. The summed E-state index contributed by atoms with van der Waals surface area (Å²) < 4.78 is 5.50. The number of rotatable bonds is 8. The van der Waals surface area contributed by atoms with E-state index in [9.17, 15) is 10.1 Å². The van der Waals surface area contributed by atoms with E-state index in [1.54, 1.807) is 13.2 Å². The Balaban J connectivity index is 1.98. The fraction of sp³-hybridized carbons (Fsp3) is 0.269. The van der Waals surface area contributed by atoms with Crippen LogP contribution in [-0.2, 0) is 6.54 Å². The summed E-state index contributed by atoms with van der Waals surface area (Å²) in [7, 11) is 1.64.